The van der Waals surface area contributed by atoms with Gasteiger partial charge >= 0.3 is 0 Å². The monoisotopic (exact) mass is 480 g/mol. The summed E-state index contributed by atoms with van der Waals surface area (Å²) in [6.07, 6.45) is 7.32. The summed E-state index contributed by atoms with van der Waals surface area (Å²) in [4.78, 5) is 9.66. The molecule has 0 bridgehead atoms. The minimum Gasteiger partial charge on any atom is -0.497 e. The van der Waals surface area contributed by atoms with Crippen molar-refractivity contribution in [1.29, 1.82) is 0 Å². The largest absolute Gasteiger partial charge is 0.497 e. The van der Waals surface area contributed by atoms with E-state index in [-0.39, 0.29) is 24.8 Å². The van der Waals surface area contributed by atoms with Gasteiger partial charge in [-0.2, -0.15) is 0 Å². The second kappa shape index (κ2) is 10.6. The molecule has 2 aromatic carbocycles. The fourth-order valence-electron chi connectivity index (χ4n) is 3.84. The summed E-state index contributed by atoms with van der Waals surface area (Å²) in [6, 6.07) is 13.6. The predicted molar refractivity (Wildman–Crippen MR) is 133 cm³/mol. The first-order valence-electron chi connectivity index (χ1n) is 9.81. The normalized spacial score (nSPS) is 16.0. The third-order valence-electron chi connectivity index (χ3n) is 5.55. The van der Waals surface area contributed by atoms with Crippen LogP contribution in [0.25, 0.3) is 23.1 Å². The van der Waals surface area contributed by atoms with Gasteiger partial charge in [-0.15, -0.1) is 24.8 Å². The molecule has 0 saturated heterocycles. The smallest absolute Gasteiger partial charge is 0.152 e. The van der Waals surface area contributed by atoms with Crippen molar-refractivity contribution in [3.8, 4) is 5.75 Å². The van der Waals surface area contributed by atoms with Crippen LogP contribution in [0.5, 0.6) is 5.75 Å². The maximum atomic E-state index is 6.13. The summed E-state index contributed by atoms with van der Waals surface area (Å²) < 4.78 is 5.42. The van der Waals surface area contributed by atoms with Gasteiger partial charge < -0.3 is 16.2 Å². The molecular formula is C23H27Cl3N4O. The van der Waals surface area contributed by atoms with Crippen LogP contribution in [0.1, 0.15) is 48.7 Å². The molecule has 5 nitrogen and oxygen atoms in total. The van der Waals surface area contributed by atoms with Crippen LogP contribution < -0.4 is 16.2 Å². The highest BCUT2D eigenvalue weighted by atomic mass is 35.5. The van der Waals surface area contributed by atoms with Gasteiger partial charge in [-0.3, -0.25) is 0 Å². The Bertz CT molecular complexity index is 1040. The van der Waals surface area contributed by atoms with Crippen LogP contribution in [0.15, 0.2) is 42.5 Å². The van der Waals surface area contributed by atoms with Crippen molar-refractivity contribution in [2.75, 3.05) is 7.11 Å². The van der Waals surface area contributed by atoms with E-state index in [1.54, 1.807) is 7.11 Å². The molecule has 8 heteroatoms. The summed E-state index contributed by atoms with van der Waals surface area (Å²) in [5.41, 5.74) is 14.7. The van der Waals surface area contributed by atoms with Crippen LogP contribution >= 0.6 is 36.4 Å². The SMILES string of the molecule is COc1ccc2nc(C=Cc3ccc(Cl)cc3)nc(C3CCC(N)(N)CC3)c2c1.Cl.Cl. The lowest BCUT2D eigenvalue weighted by atomic mass is 9.80. The van der Waals surface area contributed by atoms with Crippen molar-refractivity contribution in [2.45, 2.75) is 37.3 Å². The maximum Gasteiger partial charge on any atom is 0.152 e. The number of aromatic nitrogens is 2. The van der Waals surface area contributed by atoms with Crippen molar-refractivity contribution in [3.63, 3.8) is 0 Å². The van der Waals surface area contributed by atoms with Crippen molar-refractivity contribution >= 4 is 59.5 Å². The van der Waals surface area contributed by atoms with Gasteiger partial charge in [0.2, 0.25) is 0 Å². The number of ether oxygens (including phenoxy) is 1. The number of fused-ring (bicyclic) bond motifs is 1. The lowest BCUT2D eigenvalue weighted by Gasteiger charge is -2.34. The Hall–Kier alpha value is -1.89. The van der Waals surface area contributed by atoms with Gasteiger partial charge in [0.15, 0.2) is 5.82 Å². The van der Waals surface area contributed by atoms with E-state index in [2.05, 4.69) is 0 Å². The molecule has 1 aromatic heterocycles. The van der Waals surface area contributed by atoms with Gasteiger partial charge in [0.1, 0.15) is 5.75 Å². The molecule has 3 aromatic rings. The number of methoxy groups -OCH3 is 1. The zero-order chi connectivity index (χ0) is 20.4. The van der Waals surface area contributed by atoms with E-state index in [1.165, 1.54) is 0 Å². The van der Waals surface area contributed by atoms with Crippen LogP contribution in [-0.2, 0) is 0 Å². The Labute approximate surface area is 200 Å². The molecule has 0 spiro atoms. The summed E-state index contributed by atoms with van der Waals surface area (Å²) in [5.74, 6) is 1.79. The van der Waals surface area contributed by atoms with Crippen molar-refractivity contribution in [1.82, 2.24) is 9.97 Å². The Morgan fingerprint density at radius 1 is 1.00 bits per heavy atom. The van der Waals surface area contributed by atoms with Gasteiger partial charge in [0.05, 0.1) is 24.0 Å². The zero-order valence-corrected chi connectivity index (χ0v) is 19.6. The molecule has 0 unspecified atom stereocenters. The topological polar surface area (TPSA) is 87.0 Å². The van der Waals surface area contributed by atoms with Crippen molar-refractivity contribution in [2.24, 2.45) is 11.5 Å². The first-order valence-corrected chi connectivity index (χ1v) is 10.2. The average molecular weight is 482 g/mol. The second-order valence-electron chi connectivity index (χ2n) is 7.74. The van der Waals surface area contributed by atoms with Crippen LogP contribution in [0.2, 0.25) is 5.02 Å². The number of hydrogen-bond acceptors (Lipinski definition) is 5. The third-order valence-corrected chi connectivity index (χ3v) is 5.80. The van der Waals surface area contributed by atoms with E-state index in [1.807, 2.05) is 54.6 Å². The Balaban J connectivity index is 0.00000171. The molecule has 1 aliphatic carbocycles. The van der Waals surface area contributed by atoms with Crippen LogP contribution in [0.4, 0.5) is 0 Å². The summed E-state index contributed by atoms with van der Waals surface area (Å²) >= 11 is 5.97. The summed E-state index contributed by atoms with van der Waals surface area (Å²) in [5, 5.41) is 1.74. The molecule has 1 heterocycles. The molecule has 1 saturated carbocycles. The minimum absolute atomic E-state index is 0. The minimum atomic E-state index is -0.575. The predicted octanol–water partition coefficient (Wildman–Crippen LogP) is 5.58. The highest BCUT2D eigenvalue weighted by molar-refractivity contribution is 6.30. The van der Waals surface area contributed by atoms with E-state index in [0.29, 0.717) is 16.8 Å². The fourth-order valence-corrected chi connectivity index (χ4v) is 3.96. The van der Waals surface area contributed by atoms with Crippen molar-refractivity contribution < 1.29 is 4.74 Å². The fraction of sp³-hybridized carbons (Fsp3) is 0.304. The van der Waals surface area contributed by atoms with Crippen LogP contribution in [0, 0.1) is 0 Å². The van der Waals surface area contributed by atoms with Gasteiger partial charge in [0.25, 0.3) is 0 Å². The van der Waals surface area contributed by atoms with E-state index in [0.717, 1.165) is 53.6 Å². The summed E-state index contributed by atoms with van der Waals surface area (Å²) in [7, 11) is 1.67. The molecule has 166 valence electrons. The van der Waals surface area contributed by atoms with Gasteiger partial charge in [0, 0.05) is 16.3 Å². The molecule has 1 aliphatic rings. The van der Waals surface area contributed by atoms with Gasteiger partial charge in [-0.25, -0.2) is 9.97 Å². The Morgan fingerprint density at radius 3 is 2.32 bits per heavy atom. The molecule has 4 N–H and O–H groups in total. The van der Waals surface area contributed by atoms with Crippen LogP contribution in [0.3, 0.4) is 0 Å². The first-order chi connectivity index (χ1) is 13.9. The van der Waals surface area contributed by atoms with E-state index in [9.17, 15) is 0 Å². The Morgan fingerprint density at radius 2 is 1.68 bits per heavy atom. The number of nitrogens with zero attached hydrogens (tertiary/aromatic N) is 2. The van der Waals surface area contributed by atoms with Gasteiger partial charge in [-0.1, -0.05) is 29.8 Å². The lowest BCUT2D eigenvalue weighted by Crippen LogP contribution is -2.51. The highest BCUT2D eigenvalue weighted by Gasteiger charge is 2.30. The number of benzene rings is 2. The van der Waals surface area contributed by atoms with E-state index < -0.39 is 5.66 Å². The van der Waals surface area contributed by atoms with Gasteiger partial charge in [-0.05, 0) is 67.7 Å². The van der Waals surface area contributed by atoms with E-state index in [4.69, 9.17) is 37.8 Å². The number of halogens is 3. The molecule has 0 radical (unpaired) electrons. The molecule has 4 rings (SSSR count). The number of nitrogens with two attached hydrogens (primary N) is 2. The molecule has 0 aliphatic heterocycles. The van der Waals surface area contributed by atoms with Crippen LogP contribution in [-0.4, -0.2) is 22.7 Å². The van der Waals surface area contributed by atoms with Crippen molar-refractivity contribution in [3.05, 3.63) is 64.6 Å². The first kappa shape index (κ1) is 25.4. The Kier molecular flexibility index (Phi) is 8.69. The second-order valence-corrected chi connectivity index (χ2v) is 8.18. The average Bonchev–Trinajstić information content (AvgIpc) is 2.72. The highest BCUT2D eigenvalue weighted by Crippen LogP contribution is 2.37. The number of hydrogen-bond donors (Lipinski definition) is 2. The molecular weight excluding hydrogens is 455 g/mol. The maximum absolute atomic E-state index is 6.13. The van der Waals surface area contributed by atoms with E-state index >= 15 is 0 Å². The molecule has 0 atom stereocenters. The molecule has 0 amide bonds. The third kappa shape index (κ3) is 6.09. The summed E-state index contributed by atoms with van der Waals surface area (Å²) in [6.45, 7) is 0. The molecule has 1 fully saturated rings. The standard InChI is InChI=1S/C23H25ClN4O.2ClH/c1-29-18-7-8-20-19(14-18)22(16-10-12-23(25,26)13-11-16)28-21(27-20)9-4-15-2-5-17(24)6-3-15;;/h2-9,14,16H,10-13,25-26H2,1H3;2*1H. The molecule has 31 heavy (non-hydrogen) atoms. The number of rotatable bonds is 4. The quantitative estimate of drug-likeness (QED) is 0.475. The zero-order valence-electron chi connectivity index (χ0n) is 17.3. The lowest BCUT2D eigenvalue weighted by molar-refractivity contribution is 0.279.